The van der Waals surface area contributed by atoms with Crippen molar-refractivity contribution < 1.29 is 14.3 Å². The Balaban J connectivity index is 0.00000267. The molecule has 6 rings (SSSR count). The average molecular weight is 533 g/mol. The Bertz CT molecular complexity index is 1400. The van der Waals surface area contributed by atoms with E-state index < -0.39 is 11.4 Å². The van der Waals surface area contributed by atoms with Gasteiger partial charge in [0, 0.05) is 30.4 Å². The number of hydrogen-bond donors (Lipinski definition) is 3. The maximum atomic E-state index is 14.8. The number of likely N-dealkylation sites (tertiary alicyclic amines) is 1. The van der Waals surface area contributed by atoms with Crippen molar-refractivity contribution in [3.8, 4) is 0 Å². The highest BCUT2D eigenvalue weighted by atomic mass is 35.5. The van der Waals surface area contributed by atoms with Crippen LogP contribution in [0.1, 0.15) is 24.2 Å². The van der Waals surface area contributed by atoms with Crippen molar-refractivity contribution >= 4 is 46.8 Å². The molecule has 5 heterocycles. The van der Waals surface area contributed by atoms with Gasteiger partial charge in [0.05, 0.1) is 29.3 Å². The van der Waals surface area contributed by atoms with Gasteiger partial charge >= 0.3 is 0 Å². The second-order valence-electron chi connectivity index (χ2n) is 9.42. The lowest BCUT2D eigenvalue weighted by molar-refractivity contribution is -0.113. The molecular weight excluding hydrogens is 507 g/mol. The molecule has 36 heavy (non-hydrogen) atoms. The minimum Gasteiger partial charge on any atom is -0.382 e. The largest absolute Gasteiger partial charge is 0.382 e. The summed E-state index contributed by atoms with van der Waals surface area (Å²) in [6, 6.07) is 6.41. The molecule has 1 atom stereocenters. The van der Waals surface area contributed by atoms with Crippen LogP contribution in [0, 0.1) is 5.82 Å². The summed E-state index contributed by atoms with van der Waals surface area (Å²) in [6.07, 6.45) is 3.46. The number of rotatable bonds is 5. The van der Waals surface area contributed by atoms with Crippen molar-refractivity contribution in [1.29, 1.82) is 0 Å². The van der Waals surface area contributed by atoms with Crippen LogP contribution >= 0.6 is 24.2 Å². The zero-order valence-corrected chi connectivity index (χ0v) is 21.0. The first-order chi connectivity index (χ1) is 16.9. The quantitative estimate of drug-likeness (QED) is 0.456. The summed E-state index contributed by atoms with van der Waals surface area (Å²) >= 11 is 1.43. The minimum atomic E-state index is -1.45. The van der Waals surface area contributed by atoms with Crippen molar-refractivity contribution in [1.82, 2.24) is 24.8 Å². The molecule has 0 radical (unpaired) electrons. The number of carbonyl (C=O) groups excluding carboxylic acids is 1. The summed E-state index contributed by atoms with van der Waals surface area (Å²) in [5, 5.41) is 18.5. The zero-order valence-electron chi connectivity index (χ0n) is 19.4. The predicted octanol–water partition coefficient (Wildman–Crippen LogP) is 1.85. The summed E-state index contributed by atoms with van der Waals surface area (Å²) in [4.78, 5) is 35.9. The van der Waals surface area contributed by atoms with E-state index >= 15 is 0 Å². The number of hydrogen-bond acceptors (Lipinski definition) is 8. The van der Waals surface area contributed by atoms with Gasteiger partial charge in [-0.2, -0.15) is 0 Å². The van der Waals surface area contributed by atoms with Gasteiger partial charge in [-0.1, -0.05) is 0 Å². The Morgan fingerprint density at radius 2 is 2.00 bits per heavy atom. The zero-order chi connectivity index (χ0) is 24.2. The SMILES string of the molecule is Cl.O=C1CSc2cnc(CNC3CCN(C[C@@]4(O)Cn5c(=O)ccc6ccc(F)c4c65)CC3)nc2N1. The molecule has 0 aliphatic carbocycles. The molecule has 1 saturated heterocycles. The Hall–Kier alpha value is -2.57. The lowest BCUT2D eigenvalue weighted by atomic mass is 9.92. The van der Waals surface area contributed by atoms with Crippen LogP contribution in [0.4, 0.5) is 10.2 Å². The summed E-state index contributed by atoms with van der Waals surface area (Å²) in [5.41, 5.74) is -0.957. The molecule has 3 N–H and O–H groups in total. The third kappa shape index (κ3) is 4.50. The second-order valence-corrected chi connectivity index (χ2v) is 10.4. The van der Waals surface area contributed by atoms with Gasteiger partial charge in [0.25, 0.3) is 5.56 Å². The molecule has 1 fully saturated rings. The number of fused-ring (bicyclic) bond motifs is 1. The van der Waals surface area contributed by atoms with Crippen LogP contribution in [0.5, 0.6) is 0 Å². The van der Waals surface area contributed by atoms with E-state index in [4.69, 9.17) is 0 Å². The molecule has 1 amide bonds. The number of pyridine rings is 1. The van der Waals surface area contributed by atoms with E-state index in [-0.39, 0.29) is 48.6 Å². The lowest BCUT2D eigenvalue weighted by Gasteiger charge is -2.37. The number of anilines is 1. The van der Waals surface area contributed by atoms with Crippen LogP contribution < -0.4 is 16.2 Å². The van der Waals surface area contributed by atoms with Gasteiger partial charge in [-0.25, -0.2) is 14.4 Å². The van der Waals surface area contributed by atoms with Gasteiger partial charge in [-0.15, -0.1) is 24.2 Å². The van der Waals surface area contributed by atoms with Crippen molar-refractivity contribution in [3.05, 3.63) is 58.0 Å². The Morgan fingerprint density at radius 1 is 1.22 bits per heavy atom. The fourth-order valence-electron chi connectivity index (χ4n) is 5.34. The van der Waals surface area contributed by atoms with Crippen LogP contribution in [0.3, 0.4) is 0 Å². The predicted molar refractivity (Wildman–Crippen MR) is 137 cm³/mol. The fourth-order valence-corrected chi connectivity index (χ4v) is 6.06. The van der Waals surface area contributed by atoms with E-state index in [9.17, 15) is 19.1 Å². The molecule has 3 aliphatic heterocycles. The van der Waals surface area contributed by atoms with Gasteiger partial charge in [-0.05, 0) is 49.5 Å². The maximum Gasteiger partial charge on any atom is 0.251 e. The highest BCUT2D eigenvalue weighted by Gasteiger charge is 2.42. The Kier molecular flexibility index (Phi) is 6.77. The second kappa shape index (κ2) is 9.71. The van der Waals surface area contributed by atoms with Crippen molar-refractivity contribution in [3.63, 3.8) is 0 Å². The molecule has 0 unspecified atom stereocenters. The number of piperidine rings is 1. The first kappa shape index (κ1) is 25.1. The van der Waals surface area contributed by atoms with Gasteiger partial charge in [-0.3, -0.25) is 14.5 Å². The van der Waals surface area contributed by atoms with Crippen molar-refractivity contribution in [2.45, 2.75) is 42.5 Å². The van der Waals surface area contributed by atoms with E-state index in [1.807, 2.05) is 0 Å². The summed E-state index contributed by atoms with van der Waals surface area (Å²) in [6.45, 7) is 2.29. The molecule has 190 valence electrons. The van der Waals surface area contributed by atoms with Crippen molar-refractivity contribution in [2.24, 2.45) is 0 Å². The average Bonchev–Trinajstić information content (AvgIpc) is 3.17. The van der Waals surface area contributed by atoms with E-state index in [0.717, 1.165) is 36.2 Å². The van der Waals surface area contributed by atoms with Crippen LogP contribution in [-0.4, -0.2) is 61.9 Å². The number of nitrogens with zero attached hydrogens (tertiary/aromatic N) is 4. The normalized spacial score (nSPS) is 21.8. The van der Waals surface area contributed by atoms with Crippen LogP contribution in [0.25, 0.3) is 10.9 Å². The number of aromatic nitrogens is 3. The molecule has 3 aliphatic rings. The van der Waals surface area contributed by atoms with E-state index in [2.05, 4.69) is 25.5 Å². The number of amides is 1. The molecule has 0 spiro atoms. The van der Waals surface area contributed by atoms with E-state index in [1.54, 1.807) is 18.3 Å². The third-order valence-corrected chi connectivity index (χ3v) is 8.04. The summed E-state index contributed by atoms with van der Waals surface area (Å²) in [5.74, 6) is 1.04. The van der Waals surface area contributed by atoms with Crippen LogP contribution in [-0.2, 0) is 23.5 Å². The molecule has 9 nitrogen and oxygen atoms in total. The fraction of sp³-hybridized carbons (Fsp3) is 0.417. The lowest BCUT2D eigenvalue weighted by Crippen LogP contribution is -2.48. The molecule has 0 saturated carbocycles. The molecule has 3 aromatic rings. The maximum absolute atomic E-state index is 14.8. The molecule has 2 aromatic heterocycles. The minimum absolute atomic E-state index is 0. The number of nitrogens with one attached hydrogen (secondary N) is 2. The Labute approximate surface area is 216 Å². The highest BCUT2D eigenvalue weighted by molar-refractivity contribution is 8.00. The first-order valence-electron chi connectivity index (χ1n) is 11.7. The molecule has 12 heteroatoms. The number of carbonyl (C=O) groups is 1. The van der Waals surface area contributed by atoms with Gasteiger partial charge in [0.1, 0.15) is 23.1 Å². The van der Waals surface area contributed by atoms with Crippen molar-refractivity contribution in [2.75, 3.05) is 30.7 Å². The number of thioether (sulfide) groups is 1. The highest BCUT2D eigenvalue weighted by Crippen LogP contribution is 2.38. The van der Waals surface area contributed by atoms with Gasteiger partial charge < -0.3 is 20.3 Å². The Morgan fingerprint density at radius 3 is 2.81 bits per heavy atom. The van der Waals surface area contributed by atoms with Crippen LogP contribution in [0.2, 0.25) is 0 Å². The summed E-state index contributed by atoms with van der Waals surface area (Å²) < 4.78 is 16.3. The third-order valence-electron chi connectivity index (χ3n) is 7.03. The monoisotopic (exact) mass is 532 g/mol. The van der Waals surface area contributed by atoms with Gasteiger partial charge in [0.15, 0.2) is 0 Å². The molecule has 0 bridgehead atoms. The molecule has 1 aromatic carbocycles. The number of β-amino-alcohol motifs (C(OH)–C–C–N with tert-alkyl or cyclic N) is 1. The van der Waals surface area contributed by atoms with E-state index in [1.165, 1.54) is 28.5 Å². The van der Waals surface area contributed by atoms with Crippen LogP contribution in [0.15, 0.2) is 40.2 Å². The number of aliphatic hydroxyl groups is 1. The standard InChI is InChI=1S/C24H25FN6O3S.ClH/c25-16-3-1-14-2-4-20(33)31-13-24(34,21(16)22(14)31)12-30-7-5-15(6-8-30)26-10-18-27-9-17-23(28-18)29-19(32)11-35-17;/h1-4,9,15,26,34H,5-8,10-13H2,(H,27,28,29,32);1H/t24-;/m1./s1. The number of benzene rings is 1. The van der Waals surface area contributed by atoms with E-state index in [0.29, 0.717) is 29.5 Å². The molecular formula is C24H26ClFN6O3S. The first-order valence-corrected chi connectivity index (χ1v) is 12.7. The summed E-state index contributed by atoms with van der Waals surface area (Å²) in [7, 11) is 0. The topological polar surface area (TPSA) is 112 Å². The van der Waals surface area contributed by atoms with Gasteiger partial charge in [0.2, 0.25) is 5.91 Å². The number of halogens is 2. The smallest absolute Gasteiger partial charge is 0.251 e.